The molecule has 0 spiro atoms. The summed E-state index contributed by atoms with van der Waals surface area (Å²) in [6.07, 6.45) is 0. The van der Waals surface area contributed by atoms with Crippen molar-refractivity contribution in [1.82, 2.24) is 19.9 Å². The van der Waals surface area contributed by atoms with Gasteiger partial charge in [0.1, 0.15) is 5.01 Å². The third-order valence-electron chi connectivity index (χ3n) is 3.95. The standard InChI is InChI=1S/C19H16ClN5S2/c1-12-5-7-13(8-6-12)18-22-16(10-26-18)11-27-19-24-23-17(25(19)21)14-3-2-4-15(20)9-14/h2-10H,11,21H2,1H3. The second-order valence-corrected chi connectivity index (χ2v) is 8.22. The normalized spacial score (nSPS) is 11.0. The number of hydrogen-bond acceptors (Lipinski definition) is 6. The second-order valence-electron chi connectivity index (χ2n) is 5.99. The summed E-state index contributed by atoms with van der Waals surface area (Å²) >= 11 is 9.19. The Hall–Kier alpha value is -2.35. The van der Waals surface area contributed by atoms with Crippen molar-refractivity contribution in [2.75, 3.05) is 5.84 Å². The molecular formula is C19H16ClN5S2. The Bertz CT molecular complexity index is 1070. The zero-order valence-corrected chi connectivity index (χ0v) is 16.9. The maximum atomic E-state index is 6.17. The maximum absolute atomic E-state index is 6.17. The topological polar surface area (TPSA) is 69.6 Å². The molecule has 0 aliphatic heterocycles. The molecule has 2 aromatic heterocycles. The lowest BCUT2D eigenvalue weighted by Gasteiger charge is -2.03. The van der Waals surface area contributed by atoms with Crippen LogP contribution in [0, 0.1) is 6.92 Å². The van der Waals surface area contributed by atoms with Gasteiger partial charge in [-0.3, -0.25) is 0 Å². The molecule has 2 aromatic carbocycles. The number of aryl methyl sites for hydroxylation is 1. The zero-order valence-electron chi connectivity index (χ0n) is 14.5. The highest BCUT2D eigenvalue weighted by atomic mass is 35.5. The molecule has 0 aliphatic carbocycles. The molecule has 0 aliphatic rings. The van der Waals surface area contributed by atoms with Crippen LogP contribution in [-0.4, -0.2) is 19.9 Å². The molecule has 2 heterocycles. The quantitative estimate of drug-likeness (QED) is 0.366. The van der Waals surface area contributed by atoms with Crippen LogP contribution in [0.3, 0.4) is 0 Å². The average molecular weight is 414 g/mol. The summed E-state index contributed by atoms with van der Waals surface area (Å²) in [5.41, 5.74) is 4.20. The van der Waals surface area contributed by atoms with Crippen molar-refractivity contribution in [2.45, 2.75) is 17.8 Å². The number of thiazole rings is 1. The van der Waals surface area contributed by atoms with Crippen molar-refractivity contribution in [1.29, 1.82) is 0 Å². The molecule has 0 bridgehead atoms. The van der Waals surface area contributed by atoms with E-state index in [2.05, 4.69) is 46.8 Å². The van der Waals surface area contributed by atoms with Gasteiger partial charge in [0.05, 0.1) is 5.69 Å². The molecule has 0 saturated heterocycles. The largest absolute Gasteiger partial charge is 0.335 e. The molecule has 0 radical (unpaired) electrons. The van der Waals surface area contributed by atoms with E-state index in [1.807, 2.05) is 24.3 Å². The van der Waals surface area contributed by atoms with Crippen LogP contribution in [0.15, 0.2) is 59.1 Å². The van der Waals surface area contributed by atoms with Crippen molar-refractivity contribution in [3.63, 3.8) is 0 Å². The Morgan fingerprint density at radius 1 is 1.11 bits per heavy atom. The fourth-order valence-corrected chi connectivity index (χ4v) is 4.41. The highest BCUT2D eigenvalue weighted by Crippen LogP contribution is 2.29. The van der Waals surface area contributed by atoms with Gasteiger partial charge in [-0.1, -0.05) is 65.3 Å². The SMILES string of the molecule is Cc1ccc(-c2nc(CSc3nnc(-c4cccc(Cl)c4)n3N)cs2)cc1. The van der Waals surface area contributed by atoms with E-state index in [0.29, 0.717) is 21.8 Å². The molecule has 4 aromatic rings. The van der Waals surface area contributed by atoms with E-state index in [-0.39, 0.29) is 0 Å². The number of benzene rings is 2. The van der Waals surface area contributed by atoms with Crippen LogP contribution in [0.2, 0.25) is 5.02 Å². The van der Waals surface area contributed by atoms with E-state index in [1.54, 1.807) is 11.3 Å². The van der Waals surface area contributed by atoms with Crippen molar-refractivity contribution >= 4 is 34.7 Å². The smallest absolute Gasteiger partial charge is 0.210 e. The Morgan fingerprint density at radius 3 is 2.70 bits per heavy atom. The van der Waals surface area contributed by atoms with E-state index >= 15 is 0 Å². The van der Waals surface area contributed by atoms with Gasteiger partial charge >= 0.3 is 0 Å². The monoisotopic (exact) mass is 413 g/mol. The van der Waals surface area contributed by atoms with E-state index in [0.717, 1.165) is 21.8 Å². The van der Waals surface area contributed by atoms with E-state index in [9.17, 15) is 0 Å². The predicted molar refractivity (Wildman–Crippen MR) is 112 cm³/mol. The molecule has 4 rings (SSSR count). The summed E-state index contributed by atoms with van der Waals surface area (Å²) in [5.74, 6) is 7.43. The third kappa shape index (κ3) is 4.00. The van der Waals surface area contributed by atoms with Crippen LogP contribution in [0.4, 0.5) is 0 Å². The highest BCUT2D eigenvalue weighted by molar-refractivity contribution is 7.98. The van der Waals surface area contributed by atoms with Gasteiger partial charge in [-0.25, -0.2) is 9.66 Å². The molecule has 136 valence electrons. The maximum Gasteiger partial charge on any atom is 0.210 e. The first-order valence-electron chi connectivity index (χ1n) is 8.21. The van der Waals surface area contributed by atoms with Gasteiger partial charge in [0.25, 0.3) is 0 Å². The minimum absolute atomic E-state index is 0.582. The number of halogens is 1. The Labute approximate surface area is 170 Å². The van der Waals surface area contributed by atoms with Crippen LogP contribution in [0.5, 0.6) is 0 Å². The van der Waals surface area contributed by atoms with Crippen LogP contribution < -0.4 is 5.84 Å². The van der Waals surface area contributed by atoms with Crippen molar-refractivity contribution in [3.05, 3.63) is 70.2 Å². The summed E-state index contributed by atoms with van der Waals surface area (Å²) in [5, 5.41) is 12.7. The predicted octanol–water partition coefficient (Wildman–Crippen LogP) is 5.04. The first kappa shape index (κ1) is 18.0. The van der Waals surface area contributed by atoms with Gasteiger partial charge in [-0.15, -0.1) is 21.5 Å². The van der Waals surface area contributed by atoms with Crippen LogP contribution in [0.1, 0.15) is 11.3 Å². The van der Waals surface area contributed by atoms with Gasteiger partial charge in [0.2, 0.25) is 5.16 Å². The highest BCUT2D eigenvalue weighted by Gasteiger charge is 2.13. The molecule has 5 nitrogen and oxygen atoms in total. The van der Waals surface area contributed by atoms with Gasteiger partial charge in [-0.2, -0.15) is 0 Å². The molecule has 8 heteroatoms. The molecule has 0 saturated carbocycles. The average Bonchev–Trinajstić information content (AvgIpc) is 3.27. The van der Waals surface area contributed by atoms with Crippen molar-refractivity contribution < 1.29 is 0 Å². The van der Waals surface area contributed by atoms with Crippen LogP contribution in [0.25, 0.3) is 22.0 Å². The fourth-order valence-electron chi connectivity index (χ4n) is 2.54. The lowest BCUT2D eigenvalue weighted by atomic mass is 10.2. The molecule has 0 atom stereocenters. The first-order valence-corrected chi connectivity index (χ1v) is 10.4. The molecule has 0 unspecified atom stereocenters. The third-order valence-corrected chi connectivity index (χ3v) is 6.10. The summed E-state index contributed by atoms with van der Waals surface area (Å²) in [6, 6.07) is 15.8. The van der Waals surface area contributed by atoms with Crippen LogP contribution >= 0.6 is 34.7 Å². The lowest BCUT2D eigenvalue weighted by Crippen LogP contribution is -2.11. The van der Waals surface area contributed by atoms with Gasteiger partial charge in [0.15, 0.2) is 5.82 Å². The van der Waals surface area contributed by atoms with Gasteiger partial charge < -0.3 is 5.84 Å². The van der Waals surface area contributed by atoms with Crippen LogP contribution in [-0.2, 0) is 5.75 Å². The number of nitrogens with zero attached hydrogens (tertiary/aromatic N) is 4. The Morgan fingerprint density at radius 2 is 1.93 bits per heavy atom. The molecule has 0 amide bonds. The number of thioether (sulfide) groups is 1. The minimum Gasteiger partial charge on any atom is -0.335 e. The summed E-state index contributed by atoms with van der Waals surface area (Å²) in [4.78, 5) is 4.71. The number of rotatable bonds is 5. The van der Waals surface area contributed by atoms with E-state index in [1.165, 1.54) is 22.0 Å². The Kier molecular flexibility index (Phi) is 5.15. The minimum atomic E-state index is 0.582. The number of nitrogens with two attached hydrogens (primary N) is 1. The zero-order chi connectivity index (χ0) is 18.8. The number of nitrogen functional groups attached to an aromatic ring is 1. The van der Waals surface area contributed by atoms with E-state index < -0.39 is 0 Å². The van der Waals surface area contributed by atoms with Gasteiger partial charge in [-0.05, 0) is 19.1 Å². The lowest BCUT2D eigenvalue weighted by molar-refractivity contribution is 0.849. The number of hydrogen-bond donors (Lipinski definition) is 1. The molecular weight excluding hydrogens is 398 g/mol. The van der Waals surface area contributed by atoms with Crippen molar-refractivity contribution in [3.8, 4) is 22.0 Å². The van der Waals surface area contributed by atoms with Crippen molar-refractivity contribution in [2.24, 2.45) is 0 Å². The Balaban J connectivity index is 1.47. The second kappa shape index (κ2) is 7.72. The van der Waals surface area contributed by atoms with E-state index in [4.69, 9.17) is 22.4 Å². The summed E-state index contributed by atoms with van der Waals surface area (Å²) in [6.45, 7) is 2.08. The number of aromatic nitrogens is 4. The summed E-state index contributed by atoms with van der Waals surface area (Å²) in [7, 11) is 0. The first-order chi connectivity index (χ1) is 13.1. The fraction of sp³-hybridized carbons (Fsp3) is 0.105. The summed E-state index contributed by atoms with van der Waals surface area (Å²) < 4.78 is 1.49. The molecule has 27 heavy (non-hydrogen) atoms. The molecule has 0 fully saturated rings. The van der Waals surface area contributed by atoms with Gasteiger partial charge in [0, 0.05) is 27.3 Å². The molecule has 2 N–H and O–H groups in total.